The first kappa shape index (κ1) is 27.9. The second-order valence-electron chi connectivity index (χ2n) is 9.65. The van der Waals surface area contributed by atoms with Crippen LogP contribution in [0.5, 0.6) is 17.2 Å². The molecule has 2 heterocycles. The van der Waals surface area contributed by atoms with Gasteiger partial charge in [-0.05, 0) is 63.0 Å². The van der Waals surface area contributed by atoms with E-state index in [1.165, 1.54) is 12.0 Å². The molecule has 11 nitrogen and oxygen atoms in total. The van der Waals surface area contributed by atoms with Crippen LogP contribution < -0.4 is 19.9 Å². The van der Waals surface area contributed by atoms with E-state index in [0.717, 1.165) is 38.0 Å². The first-order chi connectivity index (χ1) is 18.7. The molecule has 1 unspecified atom stereocenters. The number of esters is 1. The zero-order chi connectivity index (χ0) is 28.1. The number of carboxylic acids is 1. The Hall–Kier alpha value is -4.12. The highest BCUT2D eigenvalue weighted by molar-refractivity contribution is 6.02. The number of hydrogen-bond acceptors (Lipinski definition) is 8. The van der Waals surface area contributed by atoms with Gasteiger partial charge < -0.3 is 30.0 Å². The highest BCUT2D eigenvalue weighted by atomic mass is 16.5. The van der Waals surface area contributed by atoms with Gasteiger partial charge >= 0.3 is 11.9 Å². The molecule has 1 fully saturated rings. The highest BCUT2D eigenvalue weighted by Gasteiger charge is 2.37. The van der Waals surface area contributed by atoms with Crippen LogP contribution in [0.25, 0.3) is 0 Å². The number of amides is 2. The van der Waals surface area contributed by atoms with E-state index in [0.29, 0.717) is 17.9 Å². The molecule has 0 spiro atoms. The molecule has 0 aromatic heterocycles. The summed E-state index contributed by atoms with van der Waals surface area (Å²) in [5.41, 5.74) is 7.13. The van der Waals surface area contributed by atoms with E-state index in [1.807, 2.05) is 6.92 Å². The number of methoxy groups -OCH3 is 1. The SMILES string of the molecule is COc1c(C)ccc(C(=O)Oc2cccc3c2CN(C(CCC(=O)O)C(N)=O)C3=O)c1OCCN1CCCC1. The molecule has 2 aromatic carbocycles. The maximum Gasteiger partial charge on any atom is 0.347 e. The Morgan fingerprint density at radius 1 is 1.10 bits per heavy atom. The second-order valence-corrected chi connectivity index (χ2v) is 9.65. The fraction of sp³-hybridized carbons (Fsp3) is 0.429. The van der Waals surface area contributed by atoms with Gasteiger partial charge in [-0.15, -0.1) is 0 Å². The molecule has 0 radical (unpaired) electrons. The van der Waals surface area contributed by atoms with Gasteiger partial charge in [-0.25, -0.2) is 4.79 Å². The number of fused-ring (bicyclic) bond motifs is 1. The Bertz CT molecular complexity index is 1270. The van der Waals surface area contributed by atoms with E-state index < -0.39 is 29.8 Å². The third kappa shape index (κ3) is 6.14. The number of hydrogen-bond donors (Lipinski definition) is 2. The van der Waals surface area contributed by atoms with Crippen LogP contribution in [0, 0.1) is 6.92 Å². The molecule has 1 atom stereocenters. The Labute approximate surface area is 226 Å². The Morgan fingerprint density at radius 3 is 2.51 bits per heavy atom. The molecule has 2 aliphatic rings. The average molecular weight is 540 g/mol. The summed E-state index contributed by atoms with van der Waals surface area (Å²) in [5, 5.41) is 9.03. The van der Waals surface area contributed by atoms with Crippen LogP contribution in [-0.2, 0) is 16.1 Å². The summed E-state index contributed by atoms with van der Waals surface area (Å²) in [6.07, 6.45) is 1.87. The Morgan fingerprint density at radius 2 is 1.85 bits per heavy atom. The van der Waals surface area contributed by atoms with E-state index >= 15 is 0 Å². The number of ether oxygens (including phenoxy) is 3. The van der Waals surface area contributed by atoms with Crippen LogP contribution in [0.15, 0.2) is 30.3 Å². The minimum atomic E-state index is -1.11. The van der Waals surface area contributed by atoms with Crippen molar-refractivity contribution in [3.8, 4) is 17.2 Å². The zero-order valence-electron chi connectivity index (χ0n) is 22.1. The molecule has 0 saturated carbocycles. The Kier molecular flexibility index (Phi) is 8.70. The van der Waals surface area contributed by atoms with Gasteiger partial charge in [-0.2, -0.15) is 0 Å². The maximum atomic E-state index is 13.4. The summed E-state index contributed by atoms with van der Waals surface area (Å²) in [4.78, 5) is 53.1. The summed E-state index contributed by atoms with van der Waals surface area (Å²) in [6, 6.07) is 6.93. The van der Waals surface area contributed by atoms with Gasteiger partial charge in [0.05, 0.1) is 13.7 Å². The van der Waals surface area contributed by atoms with E-state index in [4.69, 9.17) is 25.1 Å². The van der Waals surface area contributed by atoms with Crippen molar-refractivity contribution in [2.24, 2.45) is 5.73 Å². The summed E-state index contributed by atoms with van der Waals surface area (Å²) in [7, 11) is 1.51. The van der Waals surface area contributed by atoms with Crippen molar-refractivity contribution in [3.63, 3.8) is 0 Å². The number of nitrogens with zero attached hydrogens (tertiary/aromatic N) is 2. The monoisotopic (exact) mass is 539 g/mol. The van der Waals surface area contributed by atoms with Gasteiger partial charge in [0, 0.05) is 24.1 Å². The first-order valence-corrected chi connectivity index (χ1v) is 12.9. The smallest absolute Gasteiger partial charge is 0.347 e. The van der Waals surface area contributed by atoms with E-state index in [2.05, 4.69) is 4.90 Å². The predicted molar refractivity (Wildman–Crippen MR) is 140 cm³/mol. The lowest BCUT2D eigenvalue weighted by Crippen LogP contribution is -2.45. The number of benzene rings is 2. The summed E-state index contributed by atoms with van der Waals surface area (Å²) in [6.45, 7) is 4.93. The number of nitrogens with two attached hydrogens (primary N) is 1. The Balaban J connectivity index is 1.56. The molecule has 39 heavy (non-hydrogen) atoms. The largest absolute Gasteiger partial charge is 0.493 e. The number of rotatable bonds is 12. The van der Waals surface area contributed by atoms with E-state index in [9.17, 15) is 19.2 Å². The van der Waals surface area contributed by atoms with Crippen molar-refractivity contribution in [2.45, 2.75) is 45.2 Å². The number of aryl methyl sites for hydroxylation is 1. The number of aliphatic carboxylic acids is 1. The number of carbonyl (C=O) groups excluding carboxylic acids is 3. The highest BCUT2D eigenvalue weighted by Crippen LogP contribution is 2.37. The lowest BCUT2D eigenvalue weighted by Gasteiger charge is -2.24. The molecule has 0 bridgehead atoms. The molecule has 2 aromatic rings. The second kappa shape index (κ2) is 12.2. The minimum Gasteiger partial charge on any atom is -0.493 e. The minimum absolute atomic E-state index is 0.0543. The molecule has 3 N–H and O–H groups in total. The van der Waals surface area contributed by atoms with Crippen molar-refractivity contribution in [1.82, 2.24) is 9.80 Å². The molecule has 0 aliphatic carbocycles. The molecule has 2 amide bonds. The summed E-state index contributed by atoms with van der Waals surface area (Å²) in [5.74, 6) is -2.22. The van der Waals surface area contributed by atoms with Crippen LogP contribution in [0.4, 0.5) is 0 Å². The maximum absolute atomic E-state index is 13.4. The zero-order valence-corrected chi connectivity index (χ0v) is 22.1. The molecular formula is C28H33N3O8. The van der Waals surface area contributed by atoms with E-state index in [-0.39, 0.29) is 42.0 Å². The van der Waals surface area contributed by atoms with Gasteiger partial charge in [-0.1, -0.05) is 12.1 Å². The lowest BCUT2D eigenvalue weighted by atomic mass is 10.1. The molecular weight excluding hydrogens is 506 g/mol. The van der Waals surface area contributed by atoms with Crippen LogP contribution >= 0.6 is 0 Å². The fourth-order valence-electron chi connectivity index (χ4n) is 5.04. The van der Waals surface area contributed by atoms with Gasteiger partial charge in [0.2, 0.25) is 5.91 Å². The third-order valence-electron chi connectivity index (χ3n) is 7.08. The fourth-order valence-corrected chi connectivity index (χ4v) is 5.04. The lowest BCUT2D eigenvalue weighted by molar-refractivity contribution is -0.137. The van der Waals surface area contributed by atoms with Gasteiger partial charge in [-0.3, -0.25) is 19.3 Å². The van der Waals surface area contributed by atoms with Crippen molar-refractivity contribution in [2.75, 3.05) is 33.4 Å². The van der Waals surface area contributed by atoms with Crippen LogP contribution in [-0.4, -0.2) is 78.1 Å². The molecule has 208 valence electrons. The van der Waals surface area contributed by atoms with Crippen LogP contribution in [0.1, 0.15) is 57.5 Å². The summed E-state index contributed by atoms with van der Waals surface area (Å²) < 4.78 is 17.4. The van der Waals surface area contributed by atoms with Crippen molar-refractivity contribution < 1.29 is 38.5 Å². The summed E-state index contributed by atoms with van der Waals surface area (Å²) >= 11 is 0. The number of likely N-dealkylation sites (tertiary alicyclic amines) is 1. The quantitative estimate of drug-likeness (QED) is 0.306. The van der Waals surface area contributed by atoms with Crippen molar-refractivity contribution in [1.29, 1.82) is 0 Å². The van der Waals surface area contributed by atoms with E-state index in [1.54, 1.807) is 30.3 Å². The predicted octanol–water partition coefficient (Wildman–Crippen LogP) is 2.37. The standard InChI is InChI=1S/C28H33N3O8/c1-17-8-9-19(25(24(17)37-2)38-15-14-30-12-3-4-13-30)28(36)39-22-7-5-6-18-20(22)16-31(27(18)35)21(26(29)34)10-11-23(32)33/h5-9,21H,3-4,10-16H2,1-2H3,(H2,29,34)(H,32,33). The van der Waals surface area contributed by atoms with Crippen molar-refractivity contribution in [3.05, 3.63) is 52.6 Å². The van der Waals surface area contributed by atoms with Gasteiger partial charge in [0.25, 0.3) is 5.91 Å². The number of carbonyl (C=O) groups is 4. The molecule has 4 rings (SSSR count). The third-order valence-corrected chi connectivity index (χ3v) is 7.08. The number of carboxylic acid groups (broad SMARTS) is 1. The molecule has 11 heteroatoms. The van der Waals surface area contributed by atoms with Crippen molar-refractivity contribution >= 4 is 23.8 Å². The van der Waals surface area contributed by atoms with Gasteiger partial charge in [0.1, 0.15) is 24.0 Å². The topological polar surface area (TPSA) is 149 Å². The van der Waals surface area contributed by atoms with Crippen LogP contribution in [0.2, 0.25) is 0 Å². The number of primary amides is 1. The molecule has 2 aliphatic heterocycles. The average Bonchev–Trinajstić information content (AvgIpc) is 3.53. The first-order valence-electron chi connectivity index (χ1n) is 12.9. The van der Waals surface area contributed by atoms with Gasteiger partial charge in [0.15, 0.2) is 11.5 Å². The molecule has 1 saturated heterocycles. The van der Waals surface area contributed by atoms with Crippen LogP contribution in [0.3, 0.4) is 0 Å². The normalized spacial score (nSPS) is 15.6.